The van der Waals surface area contributed by atoms with Gasteiger partial charge < -0.3 is 8.80 Å². The second-order valence-electron chi connectivity index (χ2n) is 10.2. The number of hydrogen-bond acceptors (Lipinski definition) is 2. The van der Waals surface area contributed by atoms with E-state index in [4.69, 9.17) is 9.97 Å². The van der Waals surface area contributed by atoms with Gasteiger partial charge in [0, 0.05) is 12.4 Å². The number of nitrogens with zero attached hydrogens (tertiary/aromatic N) is 4. The number of fused-ring (bicyclic) bond motifs is 9. The predicted molar refractivity (Wildman–Crippen MR) is 154 cm³/mol. The fourth-order valence-electron chi connectivity index (χ4n) is 6.55. The van der Waals surface area contributed by atoms with E-state index in [0.717, 1.165) is 44.2 Å². The third-order valence-corrected chi connectivity index (χ3v) is 8.24. The van der Waals surface area contributed by atoms with E-state index < -0.39 is 5.41 Å². The van der Waals surface area contributed by atoms with E-state index in [-0.39, 0.29) is 21.1 Å². The van der Waals surface area contributed by atoms with Crippen LogP contribution in [0, 0.1) is 12.1 Å². The topological polar surface area (TPSA) is 34.6 Å². The van der Waals surface area contributed by atoms with Crippen molar-refractivity contribution < 1.29 is 21.1 Å². The second kappa shape index (κ2) is 8.48. The maximum absolute atomic E-state index is 5.38. The Morgan fingerprint density at radius 2 is 1.02 bits per heavy atom. The standard InChI is InChI=1S/C35H20N4.Pt/c1-3-11-25-23(9-1)17-19-38-21-31(36-33(25)38)35(29-15-7-5-13-27(29)28-14-6-8-16-30(28)35)32-22-39-20-18-24-10-2-4-12-26(24)34(39)37-32;/h1-10,13-22H;/q-2;+2. The average molecular weight is 692 g/mol. The van der Waals surface area contributed by atoms with Crippen molar-refractivity contribution in [1.82, 2.24) is 18.8 Å². The SMILES string of the molecule is [Pt+2].[c-]1cccc2ccn3cc(C4(c5cn6ccc7ccc[c-]c7c6n5)c5ccccc5-c5ccccc54)nc3c12. The van der Waals surface area contributed by atoms with Gasteiger partial charge in [0.15, 0.2) is 0 Å². The molecule has 1 aliphatic carbocycles. The van der Waals surface area contributed by atoms with E-state index in [9.17, 15) is 0 Å². The minimum absolute atomic E-state index is 0. The van der Waals surface area contributed by atoms with Gasteiger partial charge in [-0.05, 0) is 34.6 Å². The molecular weight excluding hydrogens is 671 g/mol. The van der Waals surface area contributed by atoms with E-state index in [1.54, 1.807) is 0 Å². The summed E-state index contributed by atoms with van der Waals surface area (Å²) in [5.41, 5.74) is 7.82. The van der Waals surface area contributed by atoms with Crippen LogP contribution >= 0.6 is 0 Å². The van der Waals surface area contributed by atoms with Gasteiger partial charge in [0.25, 0.3) is 0 Å². The molecule has 0 saturated heterocycles. The maximum atomic E-state index is 5.38. The summed E-state index contributed by atoms with van der Waals surface area (Å²) < 4.78 is 4.25. The van der Waals surface area contributed by atoms with Crippen LogP contribution < -0.4 is 0 Å². The van der Waals surface area contributed by atoms with Crippen molar-refractivity contribution in [3.63, 3.8) is 0 Å². The number of hydrogen-bond donors (Lipinski definition) is 0. The summed E-state index contributed by atoms with van der Waals surface area (Å²) in [6.07, 6.45) is 8.52. The van der Waals surface area contributed by atoms with Crippen molar-refractivity contribution in [1.29, 1.82) is 0 Å². The van der Waals surface area contributed by atoms with Crippen LogP contribution in [0.2, 0.25) is 0 Å². The van der Waals surface area contributed by atoms with Gasteiger partial charge in [-0.25, -0.2) is 0 Å². The molecule has 0 spiro atoms. The number of aromatic nitrogens is 4. The quantitative estimate of drug-likeness (QED) is 0.179. The molecular formula is C35H20N4Pt. The summed E-state index contributed by atoms with van der Waals surface area (Å²) in [4.78, 5) is 10.8. The molecule has 4 nitrogen and oxygen atoms in total. The van der Waals surface area contributed by atoms with E-state index in [1.165, 1.54) is 22.3 Å². The van der Waals surface area contributed by atoms with Gasteiger partial charge in [-0.15, -0.1) is 70.1 Å². The molecule has 4 aromatic carbocycles. The van der Waals surface area contributed by atoms with Crippen molar-refractivity contribution in [2.24, 2.45) is 0 Å². The molecule has 0 N–H and O–H groups in total. The zero-order chi connectivity index (χ0) is 25.6. The molecule has 0 aliphatic heterocycles. The molecule has 4 aromatic heterocycles. The average Bonchev–Trinajstić information content (AvgIpc) is 3.70. The Balaban J connectivity index is 0.00000245. The van der Waals surface area contributed by atoms with Gasteiger partial charge >= 0.3 is 21.1 Å². The van der Waals surface area contributed by atoms with Gasteiger partial charge in [-0.2, -0.15) is 0 Å². The number of rotatable bonds is 2. The van der Waals surface area contributed by atoms with Crippen molar-refractivity contribution >= 4 is 32.8 Å². The molecule has 1 aliphatic rings. The Labute approximate surface area is 244 Å². The van der Waals surface area contributed by atoms with Crippen molar-refractivity contribution in [2.45, 2.75) is 5.41 Å². The molecule has 0 fully saturated rings. The molecule has 40 heavy (non-hydrogen) atoms. The molecule has 0 bridgehead atoms. The van der Waals surface area contributed by atoms with Gasteiger partial charge in [0.1, 0.15) is 5.41 Å². The molecule has 9 rings (SSSR count). The van der Waals surface area contributed by atoms with Crippen LogP contribution in [-0.2, 0) is 26.5 Å². The first-order chi connectivity index (χ1) is 19.3. The molecule has 8 aromatic rings. The molecule has 0 atom stereocenters. The van der Waals surface area contributed by atoms with E-state index in [1.807, 2.05) is 24.3 Å². The number of benzene rings is 4. The van der Waals surface area contributed by atoms with Crippen molar-refractivity contribution in [2.75, 3.05) is 0 Å². The van der Waals surface area contributed by atoms with Gasteiger partial charge in [-0.3, -0.25) is 9.97 Å². The van der Waals surface area contributed by atoms with Crippen molar-refractivity contribution in [3.05, 3.63) is 156 Å². The Hall–Kier alpha value is -4.53. The van der Waals surface area contributed by atoms with Crippen LogP contribution in [0.25, 0.3) is 44.0 Å². The Kier molecular flexibility index (Phi) is 4.95. The molecule has 5 heteroatoms. The normalized spacial score (nSPS) is 13.5. The smallest absolute Gasteiger partial charge is 0.347 e. The molecule has 190 valence electrons. The molecule has 0 radical (unpaired) electrons. The van der Waals surface area contributed by atoms with E-state index >= 15 is 0 Å². The summed E-state index contributed by atoms with van der Waals surface area (Å²) in [7, 11) is 0. The zero-order valence-corrected chi connectivity index (χ0v) is 23.4. The second-order valence-corrected chi connectivity index (χ2v) is 10.2. The molecule has 0 saturated carbocycles. The van der Waals surface area contributed by atoms with Crippen LogP contribution in [0.1, 0.15) is 22.5 Å². The van der Waals surface area contributed by atoms with E-state index in [2.05, 4.69) is 119 Å². The maximum Gasteiger partial charge on any atom is 2.00 e. The van der Waals surface area contributed by atoms with E-state index in [0.29, 0.717) is 0 Å². The predicted octanol–water partition coefficient (Wildman–Crippen LogP) is 7.25. The molecule has 0 amide bonds. The zero-order valence-electron chi connectivity index (χ0n) is 21.2. The summed E-state index contributed by atoms with van der Waals surface area (Å²) in [5, 5.41) is 4.27. The first-order valence-corrected chi connectivity index (χ1v) is 13.1. The van der Waals surface area contributed by atoms with Crippen LogP contribution in [0.15, 0.2) is 122 Å². The fraction of sp³-hybridized carbons (Fsp3) is 0.0286. The Bertz CT molecular complexity index is 2100. The Morgan fingerprint density at radius 3 is 1.52 bits per heavy atom. The van der Waals surface area contributed by atoms with Crippen LogP contribution in [0.5, 0.6) is 0 Å². The van der Waals surface area contributed by atoms with Gasteiger partial charge in [-0.1, -0.05) is 60.7 Å². The first kappa shape index (κ1) is 23.4. The summed E-state index contributed by atoms with van der Waals surface area (Å²) >= 11 is 0. The van der Waals surface area contributed by atoms with Crippen molar-refractivity contribution in [3.8, 4) is 11.1 Å². The third kappa shape index (κ3) is 2.94. The minimum atomic E-state index is -0.687. The summed E-state index contributed by atoms with van der Waals surface area (Å²) in [6, 6.07) is 40.6. The monoisotopic (exact) mass is 691 g/mol. The van der Waals surface area contributed by atoms with Gasteiger partial charge in [0.2, 0.25) is 0 Å². The first-order valence-electron chi connectivity index (χ1n) is 13.1. The molecule has 0 unspecified atom stereocenters. The van der Waals surface area contributed by atoms with Gasteiger partial charge in [0.05, 0.1) is 22.7 Å². The minimum Gasteiger partial charge on any atom is -0.347 e. The van der Waals surface area contributed by atoms with Crippen LogP contribution in [0.3, 0.4) is 0 Å². The fourth-order valence-corrected chi connectivity index (χ4v) is 6.55. The van der Waals surface area contributed by atoms with Crippen LogP contribution in [-0.4, -0.2) is 18.8 Å². The molecule has 4 heterocycles. The number of pyridine rings is 2. The third-order valence-electron chi connectivity index (χ3n) is 8.24. The van der Waals surface area contributed by atoms with Crippen LogP contribution in [0.4, 0.5) is 0 Å². The summed E-state index contributed by atoms with van der Waals surface area (Å²) in [6.45, 7) is 0. The summed E-state index contributed by atoms with van der Waals surface area (Å²) in [5.74, 6) is 0. The largest absolute Gasteiger partial charge is 2.00 e. The number of imidazole rings is 2. The Morgan fingerprint density at radius 1 is 0.550 bits per heavy atom.